The zero-order valence-corrected chi connectivity index (χ0v) is 14.7. The molecular weight excluding hydrogens is 344 g/mol. The van der Waals surface area contributed by atoms with E-state index in [2.05, 4.69) is 10.6 Å². The number of para-hydroxylation sites is 2. The maximum atomic E-state index is 12.6. The van der Waals surface area contributed by atoms with Gasteiger partial charge in [0, 0.05) is 18.5 Å². The lowest BCUT2D eigenvalue weighted by molar-refractivity contribution is 0.0858. The maximum absolute atomic E-state index is 12.6. The highest BCUT2D eigenvalue weighted by Gasteiger charge is 2.19. The van der Waals surface area contributed by atoms with Gasteiger partial charge < -0.3 is 19.8 Å². The van der Waals surface area contributed by atoms with Crippen LogP contribution in [0.1, 0.15) is 33.8 Å². The van der Waals surface area contributed by atoms with E-state index in [0.717, 1.165) is 24.8 Å². The molecule has 1 saturated heterocycles. The van der Waals surface area contributed by atoms with E-state index in [4.69, 9.17) is 9.15 Å². The summed E-state index contributed by atoms with van der Waals surface area (Å²) in [5.74, 6) is -0.442. The first-order valence-electron chi connectivity index (χ1n) is 8.99. The third kappa shape index (κ3) is 3.85. The van der Waals surface area contributed by atoms with Crippen molar-refractivity contribution in [2.45, 2.75) is 18.9 Å². The van der Waals surface area contributed by atoms with E-state index in [1.165, 1.54) is 0 Å². The minimum atomic E-state index is -0.398. The van der Waals surface area contributed by atoms with Crippen molar-refractivity contribution >= 4 is 28.5 Å². The molecule has 2 heterocycles. The zero-order valence-electron chi connectivity index (χ0n) is 14.7. The predicted octanol–water partition coefficient (Wildman–Crippen LogP) is 3.59. The lowest BCUT2D eigenvalue weighted by Gasteiger charge is -2.13. The fraction of sp³-hybridized carbons (Fsp3) is 0.238. The molecule has 1 unspecified atom stereocenters. The fourth-order valence-corrected chi connectivity index (χ4v) is 3.17. The van der Waals surface area contributed by atoms with Gasteiger partial charge in [-0.2, -0.15) is 0 Å². The smallest absolute Gasteiger partial charge is 0.291 e. The van der Waals surface area contributed by atoms with Crippen LogP contribution in [0.3, 0.4) is 0 Å². The van der Waals surface area contributed by atoms with Crippen molar-refractivity contribution in [3.8, 4) is 0 Å². The van der Waals surface area contributed by atoms with Gasteiger partial charge in [-0.05, 0) is 37.1 Å². The molecule has 138 valence electrons. The van der Waals surface area contributed by atoms with Gasteiger partial charge in [0.05, 0.1) is 17.4 Å². The number of ether oxygens (including phenoxy) is 1. The summed E-state index contributed by atoms with van der Waals surface area (Å²) in [4.78, 5) is 25.1. The highest BCUT2D eigenvalue weighted by Crippen LogP contribution is 2.21. The van der Waals surface area contributed by atoms with Gasteiger partial charge in [-0.15, -0.1) is 0 Å². The van der Waals surface area contributed by atoms with Crippen molar-refractivity contribution in [2.75, 3.05) is 18.5 Å². The molecular formula is C21H20N2O4. The Balaban J connectivity index is 1.48. The topological polar surface area (TPSA) is 80.6 Å². The molecule has 2 N–H and O–H groups in total. The molecule has 0 spiro atoms. The molecule has 2 aromatic carbocycles. The molecule has 0 saturated carbocycles. The molecule has 1 aliphatic heterocycles. The van der Waals surface area contributed by atoms with Crippen LogP contribution >= 0.6 is 0 Å². The second kappa shape index (κ2) is 7.63. The Morgan fingerprint density at radius 2 is 1.85 bits per heavy atom. The van der Waals surface area contributed by atoms with Crippen LogP contribution in [0.25, 0.3) is 11.0 Å². The van der Waals surface area contributed by atoms with Crippen molar-refractivity contribution in [2.24, 2.45) is 0 Å². The van der Waals surface area contributed by atoms with Gasteiger partial charge in [-0.3, -0.25) is 9.59 Å². The maximum Gasteiger partial charge on any atom is 0.291 e. The molecule has 6 heteroatoms. The van der Waals surface area contributed by atoms with Crippen molar-refractivity contribution in [1.29, 1.82) is 0 Å². The number of hydrogen-bond donors (Lipinski definition) is 2. The van der Waals surface area contributed by atoms with Gasteiger partial charge in [0.2, 0.25) is 0 Å². The Morgan fingerprint density at radius 3 is 2.67 bits per heavy atom. The first-order valence-corrected chi connectivity index (χ1v) is 8.99. The van der Waals surface area contributed by atoms with Gasteiger partial charge in [0.1, 0.15) is 5.58 Å². The van der Waals surface area contributed by atoms with E-state index in [1.54, 1.807) is 36.4 Å². The monoisotopic (exact) mass is 364 g/mol. The molecule has 27 heavy (non-hydrogen) atoms. The zero-order chi connectivity index (χ0) is 18.6. The molecule has 3 aromatic rings. The minimum Gasteiger partial charge on any atom is -0.451 e. The van der Waals surface area contributed by atoms with Crippen LogP contribution in [0.15, 0.2) is 59.0 Å². The highest BCUT2D eigenvalue weighted by atomic mass is 16.5. The summed E-state index contributed by atoms with van der Waals surface area (Å²) in [7, 11) is 0. The van der Waals surface area contributed by atoms with Crippen molar-refractivity contribution in [1.82, 2.24) is 5.32 Å². The summed E-state index contributed by atoms with van der Waals surface area (Å²) in [6.45, 7) is 1.20. The number of furan rings is 1. The number of carbonyl (C=O) groups is 2. The van der Waals surface area contributed by atoms with Crippen molar-refractivity contribution in [3.63, 3.8) is 0 Å². The Labute approximate surface area is 156 Å². The molecule has 0 radical (unpaired) electrons. The van der Waals surface area contributed by atoms with Crippen LogP contribution in [0.2, 0.25) is 0 Å². The van der Waals surface area contributed by atoms with Gasteiger partial charge in [-0.1, -0.05) is 30.3 Å². The summed E-state index contributed by atoms with van der Waals surface area (Å²) in [6.07, 6.45) is 2.03. The molecule has 1 aliphatic rings. The number of hydrogen-bond acceptors (Lipinski definition) is 4. The lowest BCUT2D eigenvalue weighted by Crippen LogP contribution is -2.32. The number of benzene rings is 2. The second-order valence-corrected chi connectivity index (χ2v) is 6.49. The summed E-state index contributed by atoms with van der Waals surface area (Å²) in [6, 6.07) is 16.0. The van der Waals surface area contributed by atoms with Gasteiger partial charge >= 0.3 is 0 Å². The third-order valence-corrected chi connectivity index (χ3v) is 4.58. The molecule has 0 aliphatic carbocycles. The van der Waals surface area contributed by atoms with Crippen LogP contribution < -0.4 is 10.6 Å². The molecule has 1 aromatic heterocycles. The van der Waals surface area contributed by atoms with E-state index >= 15 is 0 Å². The number of nitrogens with one attached hydrogen (secondary N) is 2. The fourth-order valence-electron chi connectivity index (χ4n) is 3.17. The average molecular weight is 364 g/mol. The Bertz CT molecular complexity index is 940. The van der Waals surface area contributed by atoms with Gasteiger partial charge in [0.15, 0.2) is 5.76 Å². The van der Waals surface area contributed by atoms with Gasteiger partial charge in [0.25, 0.3) is 11.8 Å². The van der Waals surface area contributed by atoms with Crippen LogP contribution in [0.4, 0.5) is 5.69 Å². The quantitative estimate of drug-likeness (QED) is 0.725. The number of anilines is 1. The minimum absolute atomic E-state index is 0.0613. The highest BCUT2D eigenvalue weighted by molar-refractivity contribution is 6.09. The van der Waals surface area contributed by atoms with E-state index in [-0.39, 0.29) is 17.8 Å². The molecule has 2 amide bonds. The Kier molecular flexibility index (Phi) is 4.89. The lowest BCUT2D eigenvalue weighted by atomic mass is 10.1. The van der Waals surface area contributed by atoms with Crippen molar-refractivity contribution < 1.29 is 18.7 Å². The Hall–Kier alpha value is -3.12. The van der Waals surface area contributed by atoms with E-state index in [9.17, 15) is 9.59 Å². The molecule has 1 fully saturated rings. The van der Waals surface area contributed by atoms with Crippen LogP contribution in [-0.4, -0.2) is 31.1 Å². The van der Waals surface area contributed by atoms with E-state index in [0.29, 0.717) is 23.4 Å². The standard InChI is InChI=1S/C21H20N2O4/c24-20(22-13-15-7-5-11-26-15)16-8-2-3-9-17(16)23-21(25)19-12-14-6-1-4-10-18(14)27-19/h1-4,6,8-10,12,15H,5,7,11,13H2,(H,22,24)(H,23,25). The first-order chi connectivity index (χ1) is 13.2. The first kappa shape index (κ1) is 17.3. The van der Waals surface area contributed by atoms with Gasteiger partial charge in [-0.25, -0.2) is 0 Å². The number of rotatable bonds is 5. The molecule has 4 rings (SSSR count). The van der Waals surface area contributed by atoms with Crippen LogP contribution in [0.5, 0.6) is 0 Å². The number of amides is 2. The number of carbonyl (C=O) groups excluding carboxylic acids is 2. The van der Waals surface area contributed by atoms with Crippen LogP contribution in [0, 0.1) is 0 Å². The molecule has 0 bridgehead atoms. The molecule has 6 nitrogen and oxygen atoms in total. The predicted molar refractivity (Wildman–Crippen MR) is 102 cm³/mol. The second-order valence-electron chi connectivity index (χ2n) is 6.49. The van der Waals surface area contributed by atoms with Crippen molar-refractivity contribution in [3.05, 3.63) is 65.9 Å². The van der Waals surface area contributed by atoms with E-state index < -0.39 is 5.91 Å². The van der Waals surface area contributed by atoms with Crippen LogP contribution in [-0.2, 0) is 4.74 Å². The third-order valence-electron chi connectivity index (χ3n) is 4.58. The normalized spacial score (nSPS) is 16.4. The Morgan fingerprint density at radius 1 is 1.04 bits per heavy atom. The SMILES string of the molecule is O=C(Nc1ccccc1C(=O)NCC1CCCO1)c1cc2ccccc2o1. The molecule has 1 atom stereocenters. The summed E-state index contributed by atoms with van der Waals surface area (Å²) in [5, 5.41) is 6.50. The largest absolute Gasteiger partial charge is 0.451 e. The summed E-state index contributed by atoms with van der Waals surface area (Å²) >= 11 is 0. The summed E-state index contributed by atoms with van der Waals surface area (Å²) < 4.78 is 11.1. The average Bonchev–Trinajstić information content (AvgIpc) is 3.36. The summed E-state index contributed by atoms with van der Waals surface area (Å²) in [5.41, 5.74) is 1.48. The number of fused-ring (bicyclic) bond motifs is 1. The van der Waals surface area contributed by atoms with E-state index in [1.807, 2.05) is 18.2 Å².